The van der Waals surface area contributed by atoms with E-state index in [1.165, 1.54) is 7.05 Å². The Morgan fingerprint density at radius 3 is 2.53 bits per heavy atom. The monoisotopic (exact) mass is 267 g/mol. The van der Waals surface area contributed by atoms with E-state index in [-0.39, 0.29) is 5.56 Å². The lowest BCUT2D eigenvalue weighted by molar-refractivity contribution is -0.148. The van der Waals surface area contributed by atoms with Crippen molar-refractivity contribution in [3.05, 3.63) is 32.6 Å². The summed E-state index contributed by atoms with van der Waals surface area (Å²) in [4.78, 5) is 48.2. The third kappa shape index (κ3) is 2.05. The topological polar surface area (TPSA) is 121 Å². The van der Waals surface area contributed by atoms with Gasteiger partial charge in [-0.1, -0.05) is 0 Å². The van der Waals surface area contributed by atoms with Crippen molar-refractivity contribution in [3.8, 4) is 0 Å². The first kappa shape index (κ1) is 13.1. The van der Waals surface area contributed by atoms with Crippen molar-refractivity contribution in [2.45, 2.75) is 24.8 Å². The molecule has 1 aliphatic rings. The van der Waals surface area contributed by atoms with E-state index in [4.69, 9.17) is 5.11 Å². The first-order chi connectivity index (χ1) is 8.87. The Kier molecular flexibility index (Phi) is 3.01. The number of carboxylic acid groups (broad SMARTS) is 1. The van der Waals surface area contributed by atoms with Crippen molar-refractivity contribution in [1.82, 2.24) is 14.9 Å². The predicted molar refractivity (Wildman–Crippen MR) is 64.0 cm³/mol. The number of nitrogens with zero attached hydrogens (tertiary/aromatic N) is 1. The maximum Gasteiger partial charge on any atom is 0.329 e. The molecule has 0 spiro atoms. The molecule has 0 aromatic carbocycles. The van der Waals surface area contributed by atoms with Crippen molar-refractivity contribution in [2.24, 2.45) is 7.05 Å². The number of hydrogen-bond donors (Lipinski definition) is 3. The standard InChI is InChI=1S/C11H13N3O5/c1-14-8(16)6(5-12-10(14)19)7(15)13-11(9(17)18)3-2-4-11/h5H,2-4H2,1H3,(H,12,19)(H,13,15)(H,17,18). The van der Waals surface area contributed by atoms with Gasteiger partial charge in [-0.05, 0) is 19.3 Å². The van der Waals surface area contributed by atoms with E-state index in [1.54, 1.807) is 0 Å². The number of amides is 1. The van der Waals surface area contributed by atoms with Crippen LogP contribution in [-0.4, -0.2) is 32.1 Å². The van der Waals surface area contributed by atoms with Gasteiger partial charge in [0.2, 0.25) is 0 Å². The molecular formula is C11H13N3O5. The highest BCUT2D eigenvalue weighted by Gasteiger charge is 2.46. The summed E-state index contributed by atoms with van der Waals surface area (Å²) < 4.78 is 0.753. The Bertz CT molecular complexity index is 653. The number of rotatable bonds is 3. The lowest BCUT2D eigenvalue weighted by Gasteiger charge is -2.38. The minimum atomic E-state index is -1.29. The van der Waals surface area contributed by atoms with Crippen molar-refractivity contribution < 1.29 is 14.7 Å². The van der Waals surface area contributed by atoms with Gasteiger partial charge in [-0.2, -0.15) is 0 Å². The average Bonchev–Trinajstić information content (AvgIpc) is 2.30. The molecule has 1 fully saturated rings. The first-order valence-corrected chi connectivity index (χ1v) is 5.72. The van der Waals surface area contributed by atoms with E-state index >= 15 is 0 Å². The lowest BCUT2D eigenvalue weighted by Crippen LogP contribution is -2.59. The molecule has 19 heavy (non-hydrogen) atoms. The second-order valence-electron chi connectivity index (χ2n) is 4.57. The van der Waals surface area contributed by atoms with Gasteiger partial charge in [-0.15, -0.1) is 0 Å². The zero-order valence-corrected chi connectivity index (χ0v) is 10.2. The van der Waals surface area contributed by atoms with E-state index in [1.807, 2.05) is 0 Å². The summed E-state index contributed by atoms with van der Waals surface area (Å²) in [5.41, 5.74) is -2.98. The number of aliphatic carboxylic acids is 1. The summed E-state index contributed by atoms with van der Waals surface area (Å²) in [5.74, 6) is -1.91. The Morgan fingerprint density at radius 1 is 1.42 bits per heavy atom. The summed E-state index contributed by atoms with van der Waals surface area (Å²) in [7, 11) is 1.23. The second-order valence-corrected chi connectivity index (χ2v) is 4.57. The van der Waals surface area contributed by atoms with Gasteiger partial charge in [-0.3, -0.25) is 14.2 Å². The van der Waals surface area contributed by atoms with Crippen LogP contribution in [0.4, 0.5) is 0 Å². The fourth-order valence-corrected chi connectivity index (χ4v) is 1.94. The molecule has 1 aromatic rings. The van der Waals surface area contributed by atoms with Crippen LogP contribution in [-0.2, 0) is 11.8 Å². The molecule has 1 heterocycles. The molecule has 0 atom stereocenters. The molecule has 8 nitrogen and oxygen atoms in total. The SMILES string of the molecule is Cn1c(=O)[nH]cc(C(=O)NC2(C(=O)O)CCC2)c1=O. The van der Waals surface area contributed by atoms with Gasteiger partial charge in [0.1, 0.15) is 11.1 Å². The number of aromatic nitrogens is 2. The van der Waals surface area contributed by atoms with Gasteiger partial charge in [0.05, 0.1) is 0 Å². The number of H-pyrrole nitrogens is 1. The van der Waals surface area contributed by atoms with Gasteiger partial charge in [0.25, 0.3) is 11.5 Å². The molecule has 1 amide bonds. The number of carbonyl (C=O) groups is 2. The van der Waals surface area contributed by atoms with Crippen LogP contribution < -0.4 is 16.6 Å². The largest absolute Gasteiger partial charge is 0.480 e. The predicted octanol–water partition coefficient (Wildman–Crippen LogP) is -1.19. The van der Waals surface area contributed by atoms with E-state index in [2.05, 4.69) is 10.3 Å². The molecule has 1 aliphatic carbocycles. The van der Waals surface area contributed by atoms with Gasteiger partial charge in [0, 0.05) is 13.2 Å². The fraction of sp³-hybridized carbons (Fsp3) is 0.455. The number of hydrogen-bond acceptors (Lipinski definition) is 4. The Labute approximate surface area is 107 Å². The zero-order valence-electron chi connectivity index (χ0n) is 10.2. The normalized spacial score (nSPS) is 16.5. The minimum Gasteiger partial charge on any atom is -0.480 e. The lowest BCUT2D eigenvalue weighted by atomic mass is 9.76. The van der Waals surface area contributed by atoms with Crippen LogP contribution in [0.5, 0.6) is 0 Å². The van der Waals surface area contributed by atoms with Gasteiger partial charge in [0.15, 0.2) is 0 Å². The summed E-state index contributed by atoms with van der Waals surface area (Å²) in [6.45, 7) is 0. The average molecular weight is 267 g/mol. The van der Waals surface area contributed by atoms with Crippen LogP contribution in [0.3, 0.4) is 0 Å². The molecular weight excluding hydrogens is 254 g/mol. The molecule has 0 saturated heterocycles. The third-order valence-corrected chi connectivity index (χ3v) is 3.39. The molecule has 0 unspecified atom stereocenters. The summed E-state index contributed by atoms with van der Waals surface area (Å²) in [6.07, 6.45) is 2.36. The summed E-state index contributed by atoms with van der Waals surface area (Å²) >= 11 is 0. The van der Waals surface area contributed by atoms with Crippen molar-refractivity contribution in [1.29, 1.82) is 0 Å². The molecule has 102 valence electrons. The Morgan fingerprint density at radius 2 is 2.05 bits per heavy atom. The highest BCUT2D eigenvalue weighted by Crippen LogP contribution is 2.32. The van der Waals surface area contributed by atoms with Crippen molar-refractivity contribution >= 4 is 11.9 Å². The van der Waals surface area contributed by atoms with E-state index < -0.39 is 28.7 Å². The van der Waals surface area contributed by atoms with Crippen LogP contribution in [0.15, 0.2) is 15.8 Å². The van der Waals surface area contributed by atoms with Crippen LogP contribution in [0.1, 0.15) is 29.6 Å². The molecule has 1 saturated carbocycles. The molecule has 8 heteroatoms. The quantitative estimate of drug-likeness (QED) is 0.635. The number of aromatic amines is 1. The fourth-order valence-electron chi connectivity index (χ4n) is 1.94. The van der Waals surface area contributed by atoms with Crippen molar-refractivity contribution in [3.63, 3.8) is 0 Å². The van der Waals surface area contributed by atoms with Crippen LogP contribution in [0.25, 0.3) is 0 Å². The van der Waals surface area contributed by atoms with Gasteiger partial charge >= 0.3 is 11.7 Å². The second kappa shape index (κ2) is 4.38. The first-order valence-electron chi connectivity index (χ1n) is 5.72. The summed E-state index contributed by atoms with van der Waals surface area (Å²) in [5, 5.41) is 11.5. The van der Waals surface area contributed by atoms with Crippen molar-refractivity contribution in [2.75, 3.05) is 0 Å². The Hall–Kier alpha value is -2.38. The maximum atomic E-state index is 11.9. The molecule has 0 bridgehead atoms. The van der Waals surface area contributed by atoms with E-state index in [0.29, 0.717) is 19.3 Å². The number of carboxylic acids is 1. The maximum absolute atomic E-state index is 11.9. The highest BCUT2D eigenvalue weighted by atomic mass is 16.4. The van der Waals surface area contributed by atoms with Crippen LogP contribution in [0, 0.1) is 0 Å². The number of carbonyl (C=O) groups excluding carboxylic acids is 1. The third-order valence-electron chi connectivity index (χ3n) is 3.39. The van der Waals surface area contributed by atoms with Crippen LogP contribution in [0.2, 0.25) is 0 Å². The molecule has 2 rings (SSSR count). The molecule has 3 N–H and O–H groups in total. The smallest absolute Gasteiger partial charge is 0.329 e. The molecule has 0 aliphatic heterocycles. The zero-order chi connectivity index (χ0) is 14.2. The highest BCUT2D eigenvalue weighted by molar-refractivity contribution is 5.97. The van der Waals surface area contributed by atoms with Gasteiger partial charge in [-0.25, -0.2) is 9.59 Å². The summed E-state index contributed by atoms with van der Waals surface area (Å²) in [6, 6.07) is 0. The van der Waals surface area contributed by atoms with E-state index in [9.17, 15) is 19.2 Å². The van der Waals surface area contributed by atoms with Gasteiger partial charge < -0.3 is 15.4 Å². The number of nitrogens with one attached hydrogen (secondary N) is 2. The minimum absolute atomic E-state index is 0.283. The molecule has 0 radical (unpaired) electrons. The van der Waals surface area contributed by atoms with Crippen LogP contribution >= 0.6 is 0 Å². The Balaban J connectivity index is 2.31. The van der Waals surface area contributed by atoms with E-state index in [0.717, 1.165) is 10.8 Å². The molecule has 1 aromatic heterocycles.